The highest BCUT2D eigenvalue weighted by molar-refractivity contribution is 14.1. The number of Topliss-reactive ketones (excluding diaryl/α,β-unsaturated/α-hetero) is 1. The smallest absolute Gasteiger partial charge is 0.235 e. The summed E-state index contributed by atoms with van der Waals surface area (Å²) in [7, 11) is 0. The number of carbonyl (C=O) groups excluding carboxylic acids is 2. The maximum Gasteiger partial charge on any atom is 0.235 e. The Morgan fingerprint density at radius 1 is 1.43 bits per heavy atom. The van der Waals surface area contributed by atoms with Crippen LogP contribution in [0.1, 0.15) is 6.42 Å². The first-order valence-corrected chi connectivity index (χ1v) is 5.18. The molecule has 14 heavy (non-hydrogen) atoms. The van der Waals surface area contributed by atoms with Crippen molar-refractivity contribution in [1.82, 2.24) is 4.98 Å². The van der Waals surface area contributed by atoms with Crippen LogP contribution in [0, 0.1) is 3.57 Å². The van der Waals surface area contributed by atoms with Crippen molar-refractivity contribution in [2.75, 3.05) is 11.4 Å². The van der Waals surface area contributed by atoms with Crippen molar-refractivity contribution >= 4 is 40.0 Å². The fourth-order valence-electron chi connectivity index (χ4n) is 1.37. The van der Waals surface area contributed by atoms with E-state index in [4.69, 9.17) is 0 Å². The van der Waals surface area contributed by atoms with E-state index in [1.807, 2.05) is 6.07 Å². The minimum Gasteiger partial charge on any atom is -0.302 e. The van der Waals surface area contributed by atoms with Crippen LogP contribution in [0.3, 0.4) is 0 Å². The summed E-state index contributed by atoms with van der Waals surface area (Å²) in [5, 5.41) is 0. The molecule has 0 unspecified atom stereocenters. The Balaban J connectivity index is 2.36. The number of nitrogens with zero attached hydrogens (tertiary/aromatic N) is 2. The average molecular weight is 302 g/mol. The Labute approximate surface area is 94.4 Å². The van der Waals surface area contributed by atoms with E-state index in [1.54, 1.807) is 12.4 Å². The van der Waals surface area contributed by atoms with Crippen molar-refractivity contribution in [2.24, 2.45) is 0 Å². The van der Waals surface area contributed by atoms with E-state index in [9.17, 15) is 9.59 Å². The summed E-state index contributed by atoms with van der Waals surface area (Å²) < 4.78 is 0.931. The lowest BCUT2D eigenvalue weighted by Crippen LogP contribution is -2.25. The number of hydrogen-bond donors (Lipinski definition) is 0. The lowest BCUT2D eigenvalue weighted by atomic mass is 10.3. The molecule has 0 spiro atoms. The summed E-state index contributed by atoms with van der Waals surface area (Å²) in [4.78, 5) is 27.9. The molecule has 72 valence electrons. The second-order valence-electron chi connectivity index (χ2n) is 3.02. The number of rotatable bonds is 1. The molecule has 0 N–H and O–H groups in total. The monoisotopic (exact) mass is 302 g/mol. The van der Waals surface area contributed by atoms with Crippen LogP contribution in [-0.2, 0) is 9.59 Å². The normalized spacial score (nSPS) is 16.5. The predicted molar refractivity (Wildman–Crippen MR) is 58.9 cm³/mol. The van der Waals surface area contributed by atoms with E-state index in [1.165, 1.54) is 4.90 Å². The van der Waals surface area contributed by atoms with Gasteiger partial charge in [0.05, 0.1) is 24.8 Å². The average Bonchev–Trinajstić information content (AvgIpc) is 2.46. The van der Waals surface area contributed by atoms with Gasteiger partial charge in [-0.05, 0) is 28.7 Å². The number of aromatic nitrogens is 1. The molecule has 0 atom stereocenters. The molecule has 0 aliphatic carbocycles. The molecule has 0 bridgehead atoms. The van der Waals surface area contributed by atoms with Crippen LogP contribution in [0.2, 0.25) is 0 Å². The highest BCUT2D eigenvalue weighted by Crippen LogP contribution is 2.24. The zero-order valence-electron chi connectivity index (χ0n) is 7.24. The van der Waals surface area contributed by atoms with Crippen LogP contribution >= 0.6 is 22.6 Å². The number of hydrogen-bond acceptors (Lipinski definition) is 3. The molecule has 2 rings (SSSR count). The van der Waals surface area contributed by atoms with E-state index in [0.717, 1.165) is 9.26 Å². The first-order chi connectivity index (χ1) is 6.68. The summed E-state index contributed by atoms with van der Waals surface area (Å²) >= 11 is 2.12. The summed E-state index contributed by atoms with van der Waals surface area (Å²) in [6.45, 7) is 0.181. The van der Waals surface area contributed by atoms with Crippen molar-refractivity contribution in [1.29, 1.82) is 0 Å². The summed E-state index contributed by atoms with van der Waals surface area (Å²) in [6, 6.07) is 1.81. The molecular formula is C9H7IN2O2. The fourth-order valence-corrected chi connectivity index (χ4v) is 1.96. The molecule has 4 nitrogen and oxygen atoms in total. The van der Waals surface area contributed by atoms with Crippen molar-refractivity contribution in [3.8, 4) is 0 Å². The van der Waals surface area contributed by atoms with Gasteiger partial charge in [-0.15, -0.1) is 0 Å². The van der Waals surface area contributed by atoms with Crippen LogP contribution in [0.25, 0.3) is 0 Å². The van der Waals surface area contributed by atoms with Gasteiger partial charge in [0.2, 0.25) is 5.91 Å². The van der Waals surface area contributed by atoms with Gasteiger partial charge in [-0.1, -0.05) is 0 Å². The van der Waals surface area contributed by atoms with Gasteiger partial charge < -0.3 is 4.90 Å². The summed E-state index contributed by atoms with van der Waals surface area (Å²) in [5.74, 6) is -0.171. The van der Waals surface area contributed by atoms with Crippen molar-refractivity contribution in [3.63, 3.8) is 0 Å². The van der Waals surface area contributed by atoms with E-state index < -0.39 is 0 Å². The highest BCUT2D eigenvalue weighted by Gasteiger charge is 2.29. The third-order valence-electron chi connectivity index (χ3n) is 2.02. The second-order valence-corrected chi connectivity index (χ2v) is 4.18. The van der Waals surface area contributed by atoms with Crippen LogP contribution in [0.5, 0.6) is 0 Å². The van der Waals surface area contributed by atoms with Crippen LogP contribution < -0.4 is 4.90 Å². The van der Waals surface area contributed by atoms with Crippen molar-refractivity contribution < 1.29 is 9.59 Å². The molecule has 1 amide bonds. The molecule has 5 heteroatoms. The van der Waals surface area contributed by atoms with Gasteiger partial charge in [0, 0.05) is 9.77 Å². The Hall–Kier alpha value is -0.980. The van der Waals surface area contributed by atoms with Crippen LogP contribution in [0.4, 0.5) is 5.69 Å². The fraction of sp³-hybridized carbons (Fsp3) is 0.222. The Bertz CT molecular complexity index is 406. The number of ketones is 1. The first kappa shape index (κ1) is 9.57. The first-order valence-electron chi connectivity index (χ1n) is 4.10. The minimum atomic E-state index is -0.138. The molecule has 1 aliphatic heterocycles. The molecule has 1 aromatic heterocycles. The van der Waals surface area contributed by atoms with Crippen LogP contribution in [-0.4, -0.2) is 23.2 Å². The van der Waals surface area contributed by atoms with Crippen molar-refractivity contribution in [2.45, 2.75) is 6.42 Å². The highest BCUT2D eigenvalue weighted by atomic mass is 127. The van der Waals surface area contributed by atoms with Gasteiger partial charge in [0.15, 0.2) is 5.78 Å². The molecule has 1 aromatic rings. The molecule has 0 saturated carbocycles. The molecule has 0 radical (unpaired) electrons. The second kappa shape index (κ2) is 3.64. The standard InChI is InChI=1S/C9H7IN2O2/c10-7-1-2-11-4-8(7)12-5-6(13)3-9(12)14/h1-2,4H,3,5H2. The topological polar surface area (TPSA) is 50.3 Å². The van der Waals surface area contributed by atoms with Gasteiger partial charge in [-0.2, -0.15) is 0 Å². The van der Waals surface area contributed by atoms with Crippen molar-refractivity contribution in [3.05, 3.63) is 22.0 Å². The molecule has 2 heterocycles. The SMILES string of the molecule is O=C1CC(=O)N(c2cnccc2I)C1. The van der Waals surface area contributed by atoms with E-state index in [-0.39, 0.29) is 24.7 Å². The Morgan fingerprint density at radius 3 is 2.79 bits per heavy atom. The molecule has 1 fully saturated rings. The largest absolute Gasteiger partial charge is 0.302 e. The zero-order chi connectivity index (χ0) is 10.1. The molecule has 0 aromatic carbocycles. The van der Waals surface area contributed by atoms with Gasteiger partial charge in [-0.25, -0.2) is 0 Å². The van der Waals surface area contributed by atoms with Gasteiger partial charge in [0.25, 0.3) is 0 Å². The van der Waals surface area contributed by atoms with E-state index >= 15 is 0 Å². The third kappa shape index (κ3) is 1.63. The van der Waals surface area contributed by atoms with Gasteiger partial charge >= 0.3 is 0 Å². The van der Waals surface area contributed by atoms with Crippen LogP contribution in [0.15, 0.2) is 18.5 Å². The Kier molecular flexibility index (Phi) is 2.49. The number of amides is 1. The minimum absolute atomic E-state index is 0.0188. The Morgan fingerprint density at radius 2 is 2.21 bits per heavy atom. The maximum atomic E-state index is 11.4. The number of carbonyl (C=O) groups is 2. The molecule has 1 aliphatic rings. The lowest BCUT2D eigenvalue weighted by Gasteiger charge is -2.15. The van der Waals surface area contributed by atoms with Gasteiger partial charge in [0.1, 0.15) is 0 Å². The number of pyridine rings is 1. The molecular weight excluding hydrogens is 295 g/mol. The summed E-state index contributed by atoms with van der Waals surface area (Å²) in [6.07, 6.45) is 3.29. The van der Waals surface area contributed by atoms with E-state index in [2.05, 4.69) is 27.6 Å². The zero-order valence-corrected chi connectivity index (χ0v) is 9.39. The summed E-state index contributed by atoms with van der Waals surface area (Å²) in [5.41, 5.74) is 0.726. The van der Waals surface area contributed by atoms with E-state index in [0.29, 0.717) is 0 Å². The lowest BCUT2D eigenvalue weighted by molar-refractivity contribution is -0.121. The predicted octanol–water partition coefficient (Wildman–Crippen LogP) is 0.992. The third-order valence-corrected chi connectivity index (χ3v) is 2.94. The van der Waals surface area contributed by atoms with Gasteiger partial charge in [-0.3, -0.25) is 14.6 Å². The molecule has 1 saturated heterocycles. The number of anilines is 1. The maximum absolute atomic E-state index is 11.4. The quantitative estimate of drug-likeness (QED) is 0.574. The number of halogens is 1.